The summed E-state index contributed by atoms with van der Waals surface area (Å²) in [4.78, 5) is 6.70. The van der Waals surface area contributed by atoms with Gasteiger partial charge >= 0.3 is 0 Å². The minimum atomic E-state index is 0. The molecule has 122 valence electrons. The van der Waals surface area contributed by atoms with Gasteiger partial charge in [0, 0.05) is 20.1 Å². The van der Waals surface area contributed by atoms with E-state index in [0.717, 1.165) is 32.1 Å². The Morgan fingerprint density at radius 1 is 1.24 bits per heavy atom. The zero-order chi connectivity index (χ0) is 14.6. The van der Waals surface area contributed by atoms with Crippen molar-refractivity contribution < 1.29 is 0 Å². The van der Waals surface area contributed by atoms with Crippen molar-refractivity contribution in [2.24, 2.45) is 4.99 Å². The van der Waals surface area contributed by atoms with Crippen LogP contribution in [0.1, 0.15) is 32.3 Å². The number of aliphatic imine (C=N–C) groups is 1. The second-order valence-electron chi connectivity index (χ2n) is 4.72. The molecule has 0 unspecified atom stereocenters. The van der Waals surface area contributed by atoms with E-state index >= 15 is 0 Å². The fourth-order valence-electron chi connectivity index (χ4n) is 2.01. The largest absolute Gasteiger partial charge is 0.356 e. The van der Waals surface area contributed by atoms with E-state index in [2.05, 4.69) is 51.2 Å². The average Bonchev–Trinajstić information content (AvgIpc) is 2.99. The number of nitrogens with zero attached hydrogens (tertiary/aromatic N) is 2. The zero-order valence-corrected chi connectivity index (χ0v) is 16.5. The van der Waals surface area contributed by atoms with Crippen LogP contribution in [0.2, 0.25) is 0 Å². The highest BCUT2D eigenvalue weighted by Gasteiger charge is 2.00. The maximum Gasteiger partial charge on any atom is 0.191 e. The van der Waals surface area contributed by atoms with Gasteiger partial charge in [0.25, 0.3) is 0 Å². The lowest BCUT2D eigenvalue weighted by molar-refractivity contribution is 0.297. The van der Waals surface area contributed by atoms with Gasteiger partial charge in [-0.3, -0.25) is 4.99 Å². The van der Waals surface area contributed by atoms with Crippen molar-refractivity contribution in [3.63, 3.8) is 0 Å². The quantitative estimate of drug-likeness (QED) is 0.277. The molecular formula is C15H29IN4S. The molecule has 0 amide bonds. The highest BCUT2D eigenvalue weighted by Crippen LogP contribution is 2.04. The van der Waals surface area contributed by atoms with Crippen LogP contribution in [0.5, 0.6) is 0 Å². The third-order valence-electron chi connectivity index (χ3n) is 3.35. The summed E-state index contributed by atoms with van der Waals surface area (Å²) in [6.07, 6.45) is 2.41. The number of guanidine groups is 1. The smallest absolute Gasteiger partial charge is 0.191 e. The van der Waals surface area contributed by atoms with Crippen molar-refractivity contribution in [1.29, 1.82) is 0 Å². The second kappa shape index (κ2) is 13.3. The molecule has 21 heavy (non-hydrogen) atoms. The molecule has 4 nitrogen and oxygen atoms in total. The van der Waals surface area contributed by atoms with Crippen LogP contribution in [-0.2, 0) is 6.54 Å². The lowest BCUT2D eigenvalue weighted by atomic mass is 10.3. The number of nitrogens with one attached hydrogen (secondary N) is 2. The van der Waals surface area contributed by atoms with Crippen LogP contribution in [0.4, 0.5) is 0 Å². The van der Waals surface area contributed by atoms with Crippen LogP contribution in [0.25, 0.3) is 0 Å². The van der Waals surface area contributed by atoms with Crippen LogP contribution in [-0.4, -0.2) is 44.1 Å². The summed E-state index contributed by atoms with van der Waals surface area (Å²) < 4.78 is 0. The molecule has 0 fully saturated rings. The first-order valence-corrected chi connectivity index (χ1v) is 8.42. The Hall–Kier alpha value is -0.340. The van der Waals surface area contributed by atoms with Crippen LogP contribution < -0.4 is 10.6 Å². The van der Waals surface area contributed by atoms with E-state index in [9.17, 15) is 0 Å². The molecule has 0 aliphatic carbocycles. The van der Waals surface area contributed by atoms with Gasteiger partial charge in [0.1, 0.15) is 0 Å². The molecule has 1 aromatic heterocycles. The van der Waals surface area contributed by atoms with Gasteiger partial charge in [-0.2, -0.15) is 11.3 Å². The minimum absolute atomic E-state index is 0. The van der Waals surface area contributed by atoms with E-state index in [1.165, 1.54) is 24.9 Å². The number of unbranched alkanes of at least 4 members (excludes halogenated alkanes) is 1. The van der Waals surface area contributed by atoms with Crippen LogP contribution in [0.15, 0.2) is 21.8 Å². The standard InChI is InChI=1S/C15H28N4S.HI/c1-4-19(5-2)10-7-6-9-17-15(16-3)18-12-14-8-11-20-13-14;/h8,11,13H,4-7,9-10,12H2,1-3H3,(H2,16,17,18);1H. The molecule has 0 radical (unpaired) electrons. The Morgan fingerprint density at radius 2 is 2.00 bits per heavy atom. The maximum atomic E-state index is 4.24. The molecule has 0 aromatic carbocycles. The molecule has 0 saturated heterocycles. The second-order valence-corrected chi connectivity index (χ2v) is 5.50. The number of halogens is 1. The summed E-state index contributed by atoms with van der Waals surface area (Å²) in [5, 5.41) is 10.9. The highest BCUT2D eigenvalue weighted by atomic mass is 127. The van der Waals surface area contributed by atoms with Crippen molar-refractivity contribution in [3.8, 4) is 0 Å². The van der Waals surface area contributed by atoms with E-state index in [1.807, 2.05) is 7.05 Å². The number of rotatable bonds is 9. The first kappa shape index (κ1) is 20.7. The van der Waals surface area contributed by atoms with Gasteiger partial charge in [-0.05, 0) is 54.9 Å². The number of hydrogen-bond acceptors (Lipinski definition) is 3. The predicted octanol–water partition coefficient (Wildman–Crippen LogP) is 3.15. The Kier molecular flexibility index (Phi) is 13.1. The summed E-state index contributed by atoms with van der Waals surface area (Å²) in [7, 11) is 1.82. The number of hydrogen-bond donors (Lipinski definition) is 2. The minimum Gasteiger partial charge on any atom is -0.356 e. The monoisotopic (exact) mass is 424 g/mol. The predicted molar refractivity (Wildman–Crippen MR) is 105 cm³/mol. The molecule has 0 aliphatic heterocycles. The molecule has 0 spiro atoms. The Bertz CT molecular complexity index is 364. The van der Waals surface area contributed by atoms with Crippen molar-refractivity contribution in [1.82, 2.24) is 15.5 Å². The fraction of sp³-hybridized carbons (Fsp3) is 0.667. The third-order valence-corrected chi connectivity index (χ3v) is 4.08. The van der Waals surface area contributed by atoms with E-state index in [1.54, 1.807) is 11.3 Å². The first-order chi connectivity index (χ1) is 9.80. The molecule has 1 heterocycles. The lowest BCUT2D eigenvalue weighted by Crippen LogP contribution is -2.37. The van der Waals surface area contributed by atoms with Gasteiger partial charge in [-0.25, -0.2) is 0 Å². The molecular weight excluding hydrogens is 395 g/mol. The van der Waals surface area contributed by atoms with Crippen LogP contribution >= 0.6 is 35.3 Å². The van der Waals surface area contributed by atoms with Crippen LogP contribution in [0, 0.1) is 0 Å². The summed E-state index contributed by atoms with van der Waals surface area (Å²) in [5.41, 5.74) is 1.31. The van der Waals surface area contributed by atoms with Gasteiger partial charge in [0.05, 0.1) is 0 Å². The SMILES string of the molecule is CCN(CC)CCCCNC(=NC)NCc1ccsc1.I. The first-order valence-electron chi connectivity index (χ1n) is 7.48. The maximum absolute atomic E-state index is 4.24. The Balaban J connectivity index is 0.00000400. The Labute approximate surface area is 150 Å². The normalized spacial score (nSPS) is 11.3. The summed E-state index contributed by atoms with van der Waals surface area (Å²) >= 11 is 1.73. The topological polar surface area (TPSA) is 39.7 Å². The fourth-order valence-corrected chi connectivity index (χ4v) is 2.68. The zero-order valence-electron chi connectivity index (χ0n) is 13.4. The summed E-state index contributed by atoms with van der Waals surface area (Å²) in [5.74, 6) is 0.888. The molecule has 0 bridgehead atoms. The summed E-state index contributed by atoms with van der Waals surface area (Å²) in [6.45, 7) is 9.74. The molecule has 0 saturated carbocycles. The average molecular weight is 424 g/mol. The van der Waals surface area contributed by atoms with Gasteiger partial charge in [0.15, 0.2) is 5.96 Å². The van der Waals surface area contributed by atoms with Gasteiger partial charge < -0.3 is 15.5 Å². The van der Waals surface area contributed by atoms with Gasteiger partial charge in [0.2, 0.25) is 0 Å². The number of thiophene rings is 1. The van der Waals surface area contributed by atoms with E-state index in [4.69, 9.17) is 0 Å². The highest BCUT2D eigenvalue weighted by molar-refractivity contribution is 14.0. The molecule has 6 heteroatoms. The van der Waals surface area contributed by atoms with E-state index in [0.29, 0.717) is 0 Å². The Morgan fingerprint density at radius 3 is 2.57 bits per heavy atom. The van der Waals surface area contributed by atoms with Gasteiger partial charge in [-0.15, -0.1) is 24.0 Å². The van der Waals surface area contributed by atoms with Crippen molar-refractivity contribution in [3.05, 3.63) is 22.4 Å². The van der Waals surface area contributed by atoms with E-state index < -0.39 is 0 Å². The lowest BCUT2D eigenvalue weighted by Gasteiger charge is -2.18. The molecule has 1 aromatic rings. The molecule has 0 atom stereocenters. The molecule has 1 rings (SSSR count). The van der Waals surface area contributed by atoms with Crippen molar-refractivity contribution >= 4 is 41.3 Å². The summed E-state index contributed by atoms with van der Waals surface area (Å²) in [6, 6.07) is 2.13. The third kappa shape index (κ3) is 9.31. The van der Waals surface area contributed by atoms with Gasteiger partial charge in [-0.1, -0.05) is 13.8 Å². The van der Waals surface area contributed by atoms with E-state index in [-0.39, 0.29) is 24.0 Å². The van der Waals surface area contributed by atoms with Crippen molar-refractivity contribution in [2.45, 2.75) is 33.2 Å². The van der Waals surface area contributed by atoms with Crippen molar-refractivity contribution in [2.75, 3.05) is 33.2 Å². The van der Waals surface area contributed by atoms with Crippen LogP contribution in [0.3, 0.4) is 0 Å². The molecule has 0 aliphatic rings. The molecule has 2 N–H and O–H groups in total.